The van der Waals surface area contributed by atoms with Crippen molar-refractivity contribution in [3.8, 4) is 11.3 Å². The molecule has 116 valence electrons. The molecule has 3 rings (SSSR count). The number of nitrogens with one attached hydrogen (secondary N) is 1. The third-order valence-electron chi connectivity index (χ3n) is 3.78. The molecule has 23 heavy (non-hydrogen) atoms. The molecule has 0 aliphatic carbocycles. The lowest BCUT2D eigenvalue weighted by Crippen LogP contribution is -2.13. The first-order valence-electron chi connectivity index (χ1n) is 7.40. The summed E-state index contributed by atoms with van der Waals surface area (Å²) in [6, 6.07) is 14.8. The van der Waals surface area contributed by atoms with Crippen LogP contribution in [0.5, 0.6) is 0 Å². The third-order valence-corrected chi connectivity index (χ3v) is 3.78. The van der Waals surface area contributed by atoms with Gasteiger partial charge in [-0.1, -0.05) is 24.3 Å². The highest BCUT2D eigenvalue weighted by Crippen LogP contribution is 2.25. The van der Waals surface area contributed by atoms with E-state index in [0.29, 0.717) is 5.69 Å². The molecule has 5 nitrogen and oxygen atoms in total. The van der Waals surface area contributed by atoms with Crippen LogP contribution in [0.3, 0.4) is 0 Å². The fourth-order valence-corrected chi connectivity index (χ4v) is 2.56. The Bertz CT molecular complexity index is 853. The van der Waals surface area contributed by atoms with Gasteiger partial charge in [0.25, 0.3) is 5.91 Å². The summed E-state index contributed by atoms with van der Waals surface area (Å²) in [4.78, 5) is 16.9. The molecule has 1 aromatic carbocycles. The number of amides is 1. The minimum Gasteiger partial charge on any atom is -0.321 e. The van der Waals surface area contributed by atoms with Crippen LogP contribution in [0, 0.1) is 13.8 Å². The molecule has 0 saturated carbocycles. The van der Waals surface area contributed by atoms with Crippen LogP contribution in [0.2, 0.25) is 0 Å². The standard InChI is InChI=1S/C18H18N4O/c1-12-17(13(2)22(3)21-12)15-10-7-11-16(20-15)18(23)19-14-8-5-4-6-9-14/h4-11H,1-3H3,(H,19,23). The summed E-state index contributed by atoms with van der Waals surface area (Å²) in [5.74, 6) is -0.225. The van der Waals surface area contributed by atoms with Gasteiger partial charge in [-0.3, -0.25) is 9.48 Å². The van der Waals surface area contributed by atoms with Crippen LogP contribution in [0.15, 0.2) is 48.5 Å². The van der Waals surface area contributed by atoms with Crippen molar-refractivity contribution in [3.63, 3.8) is 0 Å². The summed E-state index contributed by atoms with van der Waals surface area (Å²) in [5.41, 5.74) is 4.79. The van der Waals surface area contributed by atoms with E-state index >= 15 is 0 Å². The lowest BCUT2D eigenvalue weighted by molar-refractivity contribution is 0.102. The largest absolute Gasteiger partial charge is 0.321 e. The lowest BCUT2D eigenvalue weighted by atomic mass is 10.1. The molecule has 5 heteroatoms. The topological polar surface area (TPSA) is 59.8 Å². The predicted octanol–water partition coefficient (Wildman–Crippen LogP) is 3.35. The molecule has 0 radical (unpaired) electrons. The van der Waals surface area contributed by atoms with Gasteiger partial charge in [0, 0.05) is 24.0 Å². The van der Waals surface area contributed by atoms with Crippen molar-refractivity contribution in [2.75, 3.05) is 5.32 Å². The Balaban J connectivity index is 1.92. The molecule has 0 saturated heterocycles. The van der Waals surface area contributed by atoms with E-state index in [0.717, 1.165) is 28.3 Å². The number of anilines is 1. The molecule has 3 aromatic rings. The molecule has 0 atom stereocenters. The number of carbonyl (C=O) groups is 1. The maximum Gasteiger partial charge on any atom is 0.274 e. The summed E-state index contributed by atoms with van der Waals surface area (Å²) in [5, 5.41) is 7.25. The van der Waals surface area contributed by atoms with E-state index in [1.165, 1.54) is 0 Å². The number of aryl methyl sites for hydroxylation is 2. The Morgan fingerprint density at radius 1 is 1.04 bits per heavy atom. The van der Waals surface area contributed by atoms with Crippen LogP contribution < -0.4 is 5.32 Å². The quantitative estimate of drug-likeness (QED) is 0.807. The van der Waals surface area contributed by atoms with Crippen LogP contribution in [-0.2, 0) is 7.05 Å². The van der Waals surface area contributed by atoms with E-state index in [-0.39, 0.29) is 5.91 Å². The second-order valence-corrected chi connectivity index (χ2v) is 5.40. The molecule has 1 N–H and O–H groups in total. The molecule has 0 unspecified atom stereocenters. The summed E-state index contributed by atoms with van der Waals surface area (Å²) in [6.45, 7) is 3.94. The average Bonchev–Trinajstić information content (AvgIpc) is 2.81. The fraction of sp³-hybridized carbons (Fsp3) is 0.167. The normalized spacial score (nSPS) is 10.6. The van der Waals surface area contributed by atoms with Crippen molar-refractivity contribution in [1.82, 2.24) is 14.8 Å². The van der Waals surface area contributed by atoms with Crippen molar-refractivity contribution in [2.24, 2.45) is 7.05 Å². The fourth-order valence-electron chi connectivity index (χ4n) is 2.56. The van der Waals surface area contributed by atoms with Gasteiger partial charge in [-0.25, -0.2) is 4.98 Å². The van der Waals surface area contributed by atoms with Crippen molar-refractivity contribution < 1.29 is 4.79 Å². The second-order valence-electron chi connectivity index (χ2n) is 5.40. The van der Waals surface area contributed by atoms with Gasteiger partial charge >= 0.3 is 0 Å². The van der Waals surface area contributed by atoms with Crippen molar-refractivity contribution in [1.29, 1.82) is 0 Å². The van der Waals surface area contributed by atoms with Crippen LogP contribution in [0.1, 0.15) is 21.9 Å². The number of hydrogen-bond donors (Lipinski definition) is 1. The van der Waals surface area contributed by atoms with Gasteiger partial charge in [-0.2, -0.15) is 5.10 Å². The van der Waals surface area contributed by atoms with Gasteiger partial charge in [0.2, 0.25) is 0 Å². The average molecular weight is 306 g/mol. The maximum atomic E-state index is 12.4. The molecule has 1 amide bonds. The van der Waals surface area contributed by atoms with Gasteiger partial charge in [0.15, 0.2) is 0 Å². The van der Waals surface area contributed by atoms with E-state index in [1.54, 1.807) is 6.07 Å². The van der Waals surface area contributed by atoms with E-state index in [2.05, 4.69) is 15.4 Å². The zero-order valence-electron chi connectivity index (χ0n) is 13.4. The number of pyridine rings is 1. The molecule has 0 fully saturated rings. The number of hydrogen-bond acceptors (Lipinski definition) is 3. The summed E-state index contributed by atoms with van der Waals surface area (Å²) in [7, 11) is 1.90. The highest BCUT2D eigenvalue weighted by atomic mass is 16.1. The smallest absolute Gasteiger partial charge is 0.274 e. The first-order valence-corrected chi connectivity index (χ1v) is 7.40. The number of nitrogens with zero attached hydrogens (tertiary/aromatic N) is 3. The molecule has 0 spiro atoms. The number of para-hydroxylation sites is 1. The Labute approximate surface area is 135 Å². The van der Waals surface area contributed by atoms with Gasteiger partial charge in [-0.05, 0) is 38.1 Å². The van der Waals surface area contributed by atoms with Crippen molar-refractivity contribution >= 4 is 11.6 Å². The Hall–Kier alpha value is -2.95. The number of benzene rings is 1. The number of rotatable bonds is 3. The molecule has 0 aliphatic rings. The Kier molecular flexibility index (Phi) is 3.93. The molecular weight excluding hydrogens is 288 g/mol. The third kappa shape index (κ3) is 2.99. The zero-order chi connectivity index (χ0) is 16.4. The first kappa shape index (κ1) is 15.0. The zero-order valence-corrected chi connectivity index (χ0v) is 13.4. The predicted molar refractivity (Wildman–Crippen MR) is 90.3 cm³/mol. The Morgan fingerprint density at radius 2 is 1.78 bits per heavy atom. The molecule has 0 aliphatic heterocycles. The summed E-state index contributed by atoms with van der Waals surface area (Å²) >= 11 is 0. The highest BCUT2D eigenvalue weighted by molar-refractivity contribution is 6.03. The minimum absolute atomic E-state index is 0.225. The van der Waals surface area contributed by atoms with Crippen molar-refractivity contribution in [3.05, 3.63) is 65.6 Å². The van der Waals surface area contributed by atoms with Crippen LogP contribution >= 0.6 is 0 Å². The van der Waals surface area contributed by atoms with Crippen LogP contribution in [0.25, 0.3) is 11.3 Å². The van der Waals surface area contributed by atoms with Crippen LogP contribution in [0.4, 0.5) is 5.69 Å². The molecule has 0 bridgehead atoms. The van der Waals surface area contributed by atoms with E-state index in [9.17, 15) is 4.79 Å². The van der Waals surface area contributed by atoms with E-state index < -0.39 is 0 Å². The number of aromatic nitrogens is 3. The second kappa shape index (κ2) is 6.04. The van der Waals surface area contributed by atoms with Crippen molar-refractivity contribution in [2.45, 2.75) is 13.8 Å². The molecular formula is C18H18N4O. The maximum absolute atomic E-state index is 12.4. The summed E-state index contributed by atoms with van der Waals surface area (Å²) < 4.78 is 1.82. The van der Waals surface area contributed by atoms with Gasteiger partial charge in [0.05, 0.1) is 11.4 Å². The SMILES string of the molecule is Cc1nn(C)c(C)c1-c1cccc(C(=O)Nc2ccccc2)n1. The lowest BCUT2D eigenvalue weighted by Gasteiger charge is -2.07. The van der Waals surface area contributed by atoms with Gasteiger partial charge in [0.1, 0.15) is 5.69 Å². The monoisotopic (exact) mass is 306 g/mol. The number of carbonyl (C=O) groups excluding carboxylic acids is 1. The Morgan fingerprint density at radius 3 is 2.43 bits per heavy atom. The molecule has 2 heterocycles. The van der Waals surface area contributed by atoms with Crippen LogP contribution in [-0.4, -0.2) is 20.7 Å². The first-order chi connectivity index (χ1) is 11.1. The van der Waals surface area contributed by atoms with E-state index in [4.69, 9.17) is 0 Å². The highest BCUT2D eigenvalue weighted by Gasteiger charge is 2.15. The van der Waals surface area contributed by atoms with E-state index in [1.807, 2.05) is 68.0 Å². The van der Waals surface area contributed by atoms with Gasteiger partial charge in [-0.15, -0.1) is 0 Å². The molecule has 2 aromatic heterocycles. The minimum atomic E-state index is -0.225. The summed E-state index contributed by atoms with van der Waals surface area (Å²) in [6.07, 6.45) is 0. The van der Waals surface area contributed by atoms with Gasteiger partial charge < -0.3 is 5.32 Å².